The summed E-state index contributed by atoms with van der Waals surface area (Å²) in [6, 6.07) is 18.7. The van der Waals surface area contributed by atoms with Crippen molar-refractivity contribution in [2.75, 3.05) is 11.9 Å². The van der Waals surface area contributed by atoms with E-state index in [9.17, 15) is 14.4 Å². The Bertz CT molecular complexity index is 1330. The number of amides is 3. The molecule has 0 spiro atoms. The van der Waals surface area contributed by atoms with Crippen molar-refractivity contribution in [2.24, 2.45) is 0 Å². The van der Waals surface area contributed by atoms with Crippen LogP contribution in [0.15, 0.2) is 71.2 Å². The van der Waals surface area contributed by atoms with E-state index in [1.165, 1.54) is 6.42 Å². The normalized spacial score (nSPS) is 10.3. The molecule has 4 N–H and O–H groups in total. The molecule has 0 saturated carbocycles. The van der Waals surface area contributed by atoms with E-state index < -0.39 is 11.8 Å². The lowest BCUT2D eigenvalue weighted by atomic mass is 10.1. The van der Waals surface area contributed by atoms with Gasteiger partial charge in [-0.3, -0.25) is 30.6 Å². The first kappa shape index (κ1) is 29.8. The van der Waals surface area contributed by atoms with Crippen molar-refractivity contribution >= 4 is 56.7 Å². The van der Waals surface area contributed by atoms with Gasteiger partial charge >= 0.3 is 0 Å². The van der Waals surface area contributed by atoms with E-state index >= 15 is 0 Å². The van der Waals surface area contributed by atoms with E-state index in [2.05, 4.69) is 44.3 Å². The topological polar surface area (TPSA) is 109 Å². The molecular weight excluding hydrogens is 580 g/mol. The van der Waals surface area contributed by atoms with Gasteiger partial charge in [-0.25, -0.2) is 0 Å². The van der Waals surface area contributed by atoms with Crippen LogP contribution >= 0.6 is 28.1 Å². The maximum atomic E-state index is 12.6. The van der Waals surface area contributed by atoms with Crippen LogP contribution in [0, 0.1) is 6.92 Å². The maximum absolute atomic E-state index is 12.6. The third kappa shape index (κ3) is 9.49. The summed E-state index contributed by atoms with van der Waals surface area (Å²) < 4.78 is 6.44. The summed E-state index contributed by atoms with van der Waals surface area (Å²) in [7, 11) is 0. The zero-order valence-electron chi connectivity index (χ0n) is 21.8. The number of thiocarbonyl (C=S) groups is 1. The third-order valence-corrected chi connectivity index (χ3v) is 6.48. The summed E-state index contributed by atoms with van der Waals surface area (Å²) in [5, 5.41) is 5.25. The standard InChI is InChI=1S/C29H31BrN4O4S/c1-3-4-5-6-16-38-25-15-12-22(18-24(25)30)27(36)32-29(39)34-33-28(37)20-10-13-23(14-11-20)31-26(35)21-9-7-8-19(2)17-21/h7-15,17-18H,3-6,16H2,1-2H3,(H,31,35)(H,33,37)(H2,32,34,36,39). The smallest absolute Gasteiger partial charge is 0.269 e. The number of hydrazine groups is 1. The van der Waals surface area contributed by atoms with Gasteiger partial charge in [-0.15, -0.1) is 0 Å². The van der Waals surface area contributed by atoms with E-state index in [1.54, 1.807) is 54.6 Å². The van der Waals surface area contributed by atoms with Gasteiger partial charge in [0, 0.05) is 22.4 Å². The first-order valence-corrected chi connectivity index (χ1v) is 13.8. The highest BCUT2D eigenvalue weighted by atomic mass is 79.9. The van der Waals surface area contributed by atoms with Crippen molar-refractivity contribution in [3.8, 4) is 5.75 Å². The minimum Gasteiger partial charge on any atom is -0.492 e. The van der Waals surface area contributed by atoms with Gasteiger partial charge in [-0.1, -0.05) is 43.9 Å². The second-order valence-electron chi connectivity index (χ2n) is 8.82. The molecule has 10 heteroatoms. The molecule has 0 radical (unpaired) electrons. The van der Waals surface area contributed by atoms with Crippen molar-refractivity contribution in [3.63, 3.8) is 0 Å². The highest BCUT2D eigenvalue weighted by Gasteiger charge is 2.13. The number of hydrogen-bond acceptors (Lipinski definition) is 5. The molecule has 0 unspecified atom stereocenters. The Kier molecular flexibility index (Phi) is 11.4. The molecule has 0 aromatic heterocycles. The minimum atomic E-state index is -0.466. The number of carbonyl (C=O) groups is 3. The van der Waals surface area contributed by atoms with Crippen LogP contribution in [0.25, 0.3) is 0 Å². The van der Waals surface area contributed by atoms with E-state index in [1.807, 2.05) is 19.1 Å². The number of carbonyl (C=O) groups excluding carboxylic acids is 3. The van der Waals surface area contributed by atoms with Crippen molar-refractivity contribution in [1.82, 2.24) is 16.2 Å². The largest absolute Gasteiger partial charge is 0.492 e. The Morgan fingerprint density at radius 1 is 0.821 bits per heavy atom. The first-order valence-electron chi connectivity index (χ1n) is 12.6. The number of hydrogen-bond donors (Lipinski definition) is 4. The average Bonchev–Trinajstić information content (AvgIpc) is 2.92. The number of rotatable bonds is 10. The van der Waals surface area contributed by atoms with E-state index in [4.69, 9.17) is 17.0 Å². The fourth-order valence-corrected chi connectivity index (χ4v) is 4.19. The molecule has 3 amide bonds. The van der Waals surface area contributed by atoms with Crippen LogP contribution in [0.1, 0.15) is 69.2 Å². The van der Waals surface area contributed by atoms with Crippen LogP contribution in [0.3, 0.4) is 0 Å². The quantitative estimate of drug-likeness (QED) is 0.129. The number of nitrogens with one attached hydrogen (secondary N) is 4. The lowest BCUT2D eigenvalue weighted by Crippen LogP contribution is -2.48. The van der Waals surface area contributed by atoms with Crippen LogP contribution in [0.4, 0.5) is 5.69 Å². The summed E-state index contributed by atoms with van der Waals surface area (Å²) in [5.74, 6) is -0.482. The molecule has 39 heavy (non-hydrogen) atoms. The summed E-state index contributed by atoms with van der Waals surface area (Å²) in [5.41, 5.74) is 7.75. The number of anilines is 1. The van der Waals surface area contributed by atoms with Gasteiger partial charge in [0.15, 0.2) is 5.11 Å². The molecule has 0 aliphatic carbocycles. The fourth-order valence-electron chi connectivity index (χ4n) is 3.56. The van der Waals surface area contributed by atoms with Gasteiger partial charge < -0.3 is 10.1 Å². The van der Waals surface area contributed by atoms with E-state index in [-0.39, 0.29) is 11.0 Å². The molecule has 0 aliphatic heterocycles. The van der Waals surface area contributed by atoms with Gasteiger partial charge in [-0.2, -0.15) is 0 Å². The number of aryl methyl sites for hydroxylation is 1. The van der Waals surface area contributed by atoms with Crippen LogP contribution in [0.5, 0.6) is 5.75 Å². The van der Waals surface area contributed by atoms with E-state index in [0.717, 1.165) is 24.8 Å². The SMILES string of the molecule is CCCCCCOc1ccc(C(=O)NC(=S)NNC(=O)c2ccc(NC(=O)c3cccc(C)c3)cc2)cc1Br. The predicted octanol–water partition coefficient (Wildman–Crippen LogP) is 5.92. The monoisotopic (exact) mass is 610 g/mol. The second-order valence-corrected chi connectivity index (χ2v) is 10.1. The lowest BCUT2D eigenvalue weighted by Gasteiger charge is -2.12. The van der Waals surface area contributed by atoms with Crippen LogP contribution in [-0.4, -0.2) is 29.4 Å². The molecule has 0 saturated heterocycles. The molecule has 0 atom stereocenters. The third-order valence-electron chi connectivity index (χ3n) is 5.65. The Balaban J connectivity index is 1.45. The highest BCUT2D eigenvalue weighted by Crippen LogP contribution is 2.26. The number of ether oxygens (including phenoxy) is 1. The lowest BCUT2D eigenvalue weighted by molar-refractivity contribution is 0.0934. The molecule has 0 bridgehead atoms. The zero-order chi connectivity index (χ0) is 28.2. The Morgan fingerprint density at radius 2 is 1.54 bits per heavy atom. The first-order chi connectivity index (χ1) is 18.8. The van der Waals surface area contributed by atoms with Crippen LogP contribution < -0.4 is 26.2 Å². The molecule has 0 aliphatic rings. The van der Waals surface area contributed by atoms with Crippen molar-refractivity contribution < 1.29 is 19.1 Å². The highest BCUT2D eigenvalue weighted by molar-refractivity contribution is 9.10. The minimum absolute atomic E-state index is 0.0669. The summed E-state index contributed by atoms with van der Waals surface area (Å²) in [4.78, 5) is 37.4. The van der Waals surface area contributed by atoms with Gasteiger partial charge in [-0.05, 0) is 96.1 Å². The average molecular weight is 612 g/mol. The molecule has 0 fully saturated rings. The van der Waals surface area contributed by atoms with Crippen LogP contribution in [0.2, 0.25) is 0 Å². The van der Waals surface area contributed by atoms with Gasteiger partial charge in [0.25, 0.3) is 17.7 Å². The number of halogens is 1. The number of unbranched alkanes of at least 4 members (excludes halogenated alkanes) is 3. The summed E-state index contributed by atoms with van der Waals surface area (Å²) in [6.07, 6.45) is 4.44. The van der Waals surface area contributed by atoms with Crippen molar-refractivity contribution in [1.29, 1.82) is 0 Å². The molecule has 3 aromatic carbocycles. The molecule has 8 nitrogen and oxygen atoms in total. The van der Waals surface area contributed by atoms with E-state index in [0.29, 0.717) is 39.2 Å². The van der Waals surface area contributed by atoms with Crippen molar-refractivity contribution in [3.05, 3.63) is 93.5 Å². The molecular formula is C29H31BrN4O4S. The molecule has 3 aromatic rings. The Morgan fingerprint density at radius 3 is 2.23 bits per heavy atom. The van der Waals surface area contributed by atoms with Crippen LogP contribution in [-0.2, 0) is 0 Å². The fraction of sp³-hybridized carbons (Fsp3) is 0.241. The predicted molar refractivity (Wildman–Crippen MR) is 160 cm³/mol. The molecule has 204 valence electrons. The van der Waals surface area contributed by atoms with Gasteiger partial charge in [0.1, 0.15) is 5.75 Å². The molecule has 0 heterocycles. The zero-order valence-corrected chi connectivity index (χ0v) is 24.2. The van der Waals surface area contributed by atoms with Crippen molar-refractivity contribution in [2.45, 2.75) is 39.5 Å². The summed E-state index contributed by atoms with van der Waals surface area (Å²) >= 11 is 8.57. The Hall–Kier alpha value is -3.76. The second kappa shape index (κ2) is 15.0. The molecule has 3 rings (SSSR count). The number of benzene rings is 3. The summed E-state index contributed by atoms with van der Waals surface area (Å²) in [6.45, 7) is 4.69. The van der Waals surface area contributed by atoms with Gasteiger partial charge in [0.05, 0.1) is 11.1 Å². The van der Waals surface area contributed by atoms with Gasteiger partial charge in [0.2, 0.25) is 0 Å². The Labute approximate surface area is 242 Å². The maximum Gasteiger partial charge on any atom is 0.269 e.